The molecule has 0 amide bonds. The van der Waals surface area contributed by atoms with Crippen LogP contribution in [0.25, 0.3) is 32.7 Å². The van der Waals surface area contributed by atoms with Crippen molar-refractivity contribution in [2.45, 2.75) is 13.3 Å². The fourth-order valence-corrected chi connectivity index (χ4v) is 4.96. The van der Waals surface area contributed by atoms with Crippen LogP contribution in [0, 0.1) is 17.8 Å². The SMILES string of the molecule is CC1CC1C1COc2ccc3ccccc3c2-c2c(ccc3ccccc23)OC1. The lowest BCUT2D eigenvalue weighted by atomic mass is 9.92. The highest BCUT2D eigenvalue weighted by Crippen LogP contribution is 2.49. The predicted octanol–water partition coefficient (Wildman–Crippen LogP) is 6.70. The Hall–Kier alpha value is -3.00. The van der Waals surface area contributed by atoms with Crippen molar-refractivity contribution >= 4 is 21.5 Å². The summed E-state index contributed by atoms with van der Waals surface area (Å²) in [5.74, 6) is 3.85. The van der Waals surface area contributed by atoms with E-state index in [1.807, 2.05) is 0 Å². The van der Waals surface area contributed by atoms with Gasteiger partial charge in [-0.2, -0.15) is 0 Å². The lowest BCUT2D eigenvalue weighted by Crippen LogP contribution is -2.22. The highest BCUT2D eigenvalue weighted by molar-refractivity contribution is 6.09. The molecule has 1 aliphatic carbocycles. The highest BCUT2D eigenvalue weighted by atomic mass is 16.5. The molecule has 1 aliphatic heterocycles. The summed E-state index contributed by atoms with van der Waals surface area (Å²) in [4.78, 5) is 0. The number of rotatable bonds is 1. The zero-order valence-corrected chi connectivity index (χ0v) is 16.6. The number of ether oxygens (including phenoxy) is 2. The number of fused-ring (bicyclic) bond motifs is 7. The molecule has 2 nitrogen and oxygen atoms in total. The zero-order valence-electron chi connectivity index (χ0n) is 16.6. The molecule has 0 bridgehead atoms. The van der Waals surface area contributed by atoms with E-state index in [1.54, 1.807) is 0 Å². The van der Waals surface area contributed by atoms with Gasteiger partial charge in [0.1, 0.15) is 11.5 Å². The van der Waals surface area contributed by atoms with Crippen LogP contribution >= 0.6 is 0 Å². The Balaban J connectivity index is 1.65. The molecule has 4 aromatic rings. The number of hydrogen-bond acceptors (Lipinski definition) is 2. The molecule has 1 fully saturated rings. The second-order valence-electron chi connectivity index (χ2n) is 8.58. The van der Waals surface area contributed by atoms with Crippen molar-refractivity contribution in [3.8, 4) is 22.6 Å². The van der Waals surface area contributed by atoms with Gasteiger partial charge in [-0.25, -0.2) is 0 Å². The molecule has 144 valence electrons. The maximum atomic E-state index is 6.50. The van der Waals surface area contributed by atoms with E-state index < -0.39 is 0 Å². The van der Waals surface area contributed by atoms with E-state index in [-0.39, 0.29) is 0 Å². The summed E-state index contributed by atoms with van der Waals surface area (Å²) in [6.07, 6.45) is 1.28. The van der Waals surface area contributed by atoms with Crippen LogP contribution in [0.4, 0.5) is 0 Å². The van der Waals surface area contributed by atoms with Gasteiger partial charge in [0, 0.05) is 17.0 Å². The van der Waals surface area contributed by atoms with Crippen LogP contribution in [0.15, 0.2) is 72.8 Å². The summed E-state index contributed by atoms with van der Waals surface area (Å²) in [6.45, 7) is 3.76. The van der Waals surface area contributed by atoms with E-state index in [0.29, 0.717) is 25.0 Å². The third-order valence-corrected chi connectivity index (χ3v) is 6.71. The van der Waals surface area contributed by atoms with E-state index >= 15 is 0 Å². The van der Waals surface area contributed by atoms with Crippen LogP contribution in [0.5, 0.6) is 11.5 Å². The smallest absolute Gasteiger partial charge is 0.127 e. The van der Waals surface area contributed by atoms with Gasteiger partial charge in [0.05, 0.1) is 13.2 Å². The Morgan fingerprint density at radius 3 is 1.62 bits per heavy atom. The maximum absolute atomic E-state index is 6.50. The summed E-state index contributed by atoms with van der Waals surface area (Å²) in [6, 6.07) is 25.8. The van der Waals surface area contributed by atoms with E-state index in [4.69, 9.17) is 9.47 Å². The molecule has 1 saturated carbocycles. The molecule has 0 radical (unpaired) electrons. The number of benzene rings is 4. The molecule has 0 spiro atoms. The van der Waals surface area contributed by atoms with Crippen LogP contribution in [-0.4, -0.2) is 13.2 Å². The van der Waals surface area contributed by atoms with Crippen molar-refractivity contribution in [3.05, 3.63) is 72.8 Å². The predicted molar refractivity (Wildman–Crippen MR) is 119 cm³/mol. The van der Waals surface area contributed by atoms with Crippen molar-refractivity contribution < 1.29 is 9.47 Å². The van der Waals surface area contributed by atoms with E-state index in [1.165, 1.54) is 28.0 Å². The maximum Gasteiger partial charge on any atom is 0.127 e. The van der Waals surface area contributed by atoms with Crippen molar-refractivity contribution in [1.82, 2.24) is 0 Å². The molecule has 2 atom stereocenters. The van der Waals surface area contributed by atoms with Crippen LogP contribution in [-0.2, 0) is 0 Å². The quantitative estimate of drug-likeness (QED) is 0.366. The van der Waals surface area contributed by atoms with Gasteiger partial charge in [-0.1, -0.05) is 67.6 Å². The minimum Gasteiger partial charge on any atom is -0.492 e. The molecule has 0 N–H and O–H groups in total. The van der Waals surface area contributed by atoms with Gasteiger partial charge in [-0.05, 0) is 51.9 Å². The van der Waals surface area contributed by atoms with Gasteiger partial charge < -0.3 is 9.47 Å². The average molecular weight is 380 g/mol. The van der Waals surface area contributed by atoms with Crippen molar-refractivity contribution in [1.29, 1.82) is 0 Å². The van der Waals surface area contributed by atoms with E-state index in [0.717, 1.165) is 28.5 Å². The third kappa shape index (κ3) is 2.78. The summed E-state index contributed by atoms with van der Waals surface area (Å²) in [7, 11) is 0. The summed E-state index contributed by atoms with van der Waals surface area (Å²) < 4.78 is 13.0. The van der Waals surface area contributed by atoms with Crippen molar-refractivity contribution in [2.24, 2.45) is 17.8 Å². The molecule has 1 heterocycles. The normalized spacial score (nSPS) is 21.3. The minimum absolute atomic E-state index is 0.432. The molecular weight excluding hydrogens is 356 g/mol. The molecular formula is C27H24O2. The Bertz CT molecular complexity index is 1140. The first-order valence-corrected chi connectivity index (χ1v) is 10.6. The minimum atomic E-state index is 0.432. The number of hydrogen-bond donors (Lipinski definition) is 0. The van der Waals surface area contributed by atoms with Crippen LogP contribution in [0.3, 0.4) is 0 Å². The monoisotopic (exact) mass is 380 g/mol. The first-order valence-electron chi connectivity index (χ1n) is 10.6. The summed E-state index contributed by atoms with van der Waals surface area (Å²) in [5.41, 5.74) is 2.30. The molecule has 29 heavy (non-hydrogen) atoms. The molecule has 2 heteroatoms. The molecule has 2 aliphatic rings. The third-order valence-electron chi connectivity index (χ3n) is 6.71. The topological polar surface area (TPSA) is 18.5 Å². The lowest BCUT2D eigenvalue weighted by Gasteiger charge is -2.17. The van der Waals surface area contributed by atoms with Gasteiger partial charge in [-0.15, -0.1) is 0 Å². The fourth-order valence-electron chi connectivity index (χ4n) is 4.96. The summed E-state index contributed by atoms with van der Waals surface area (Å²) in [5, 5.41) is 4.87. The second-order valence-corrected chi connectivity index (χ2v) is 8.58. The molecule has 0 saturated heterocycles. The van der Waals surface area contributed by atoms with Crippen molar-refractivity contribution in [2.75, 3.05) is 13.2 Å². The standard InChI is InChI=1S/C27H24O2/c1-17-14-23(17)20-15-28-24-12-10-18-6-2-4-8-21(18)26(24)27-22-9-5-3-7-19(22)11-13-25(27)29-16-20/h2-13,17,20,23H,14-16H2,1H3. The lowest BCUT2D eigenvalue weighted by molar-refractivity contribution is 0.160. The highest BCUT2D eigenvalue weighted by Gasteiger charge is 2.40. The fraction of sp³-hybridized carbons (Fsp3) is 0.259. The van der Waals surface area contributed by atoms with E-state index in [2.05, 4.69) is 79.7 Å². The average Bonchev–Trinajstić information content (AvgIpc) is 3.47. The van der Waals surface area contributed by atoms with E-state index in [9.17, 15) is 0 Å². The molecule has 4 aromatic carbocycles. The Morgan fingerprint density at radius 2 is 1.14 bits per heavy atom. The summed E-state index contributed by atoms with van der Waals surface area (Å²) >= 11 is 0. The zero-order chi connectivity index (χ0) is 19.4. The Kier molecular flexibility index (Phi) is 3.80. The van der Waals surface area contributed by atoms with Crippen molar-refractivity contribution in [3.63, 3.8) is 0 Å². The Morgan fingerprint density at radius 1 is 0.655 bits per heavy atom. The van der Waals surface area contributed by atoms with Gasteiger partial charge in [0.15, 0.2) is 0 Å². The largest absolute Gasteiger partial charge is 0.492 e. The van der Waals surface area contributed by atoms with Crippen LogP contribution in [0.2, 0.25) is 0 Å². The second kappa shape index (κ2) is 6.52. The first-order chi connectivity index (χ1) is 14.3. The molecule has 2 unspecified atom stereocenters. The first kappa shape index (κ1) is 16.9. The van der Waals surface area contributed by atoms with Crippen LogP contribution in [0.1, 0.15) is 13.3 Å². The Labute approximate surface area is 171 Å². The van der Waals surface area contributed by atoms with Crippen LogP contribution < -0.4 is 9.47 Å². The molecule has 0 aromatic heterocycles. The van der Waals surface area contributed by atoms with Gasteiger partial charge in [0.25, 0.3) is 0 Å². The van der Waals surface area contributed by atoms with Gasteiger partial charge in [-0.3, -0.25) is 0 Å². The van der Waals surface area contributed by atoms with Gasteiger partial charge >= 0.3 is 0 Å². The molecule has 6 rings (SSSR count). The van der Waals surface area contributed by atoms with Gasteiger partial charge in [0.2, 0.25) is 0 Å².